The van der Waals surface area contributed by atoms with Crippen molar-refractivity contribution in [3.63, 3.8) is 0 Å². The molecule has 12 atom stereocenters. The summed E-state index contributed by atoms with van der Waals surface area (Å²) in [7, 11) is 0. The summed E-state index contributed by atoms with van der Waals surface area (Å²) in [5.41, 5.74) is -0.729. The van der Waals surface area contributed by atoms with Gasteiger partial charge in [-0.05, 0) is 143 Å². The van der Waals surface area contributed by atoms with E-state index in [0.717, 1.165) is 64.3 Å². The number of ether oxygens (including phenoxy) is 1. The molecule has 0 radical (unpaired) electrons. The molecule has 0 aromatic carbocycles. The molecule has 6 heteroatoms. The molecule has 41 heavy (non-hydrogen) atoms. The van der Waals surface area contributed by atoms with Crippen LogP contribution in [0.15, 0.2) is 0 Å². The van der Waals surface area contributed by atoms with E-state index in [9.17, 15) is 15.0 Å². The van der Waals surface area contributed by atoms with E-state index in [1.54, 1.807) is 0 Å². The van der Waals surface area contributed by atoms with Gasteiger partial charge in [0.25, 0.3) is 0 Å². The minimum absolute atomic E-state index is 0.0147. The molecule has 1 amide bonds. The van der Waals surface area contributed by atoms with Crippen molar-refractivity contribution in [3.05, 3.63) is 0 Å². The highest BCUT2D eigenvalue weighted by molar-refractivity contribution is 5.82. The number of carbonyl (C=O) groups is 1. The average Bonchev–Trinajstić information content (AvgIpc) is 3.62. The summed E-state index contributed by atoms with van der Waals surface area (Å²) in [5, 5.41) is 29.7. The van der Waals surface area contributed by atoms with Crippen LogP contribution >= 0.6 is 0 Å². The van der Waals surface area contributed by atoms with Crippen LogP contribution in [0, 0.1) is 45.3 Å². The predicted molar refractivity (Wildman–Crippen MR) is 162 cm³/mol. The molecule has 4 aliphatic carbocycles. The number of carbonyl (C=O) groups excluding carboxylic acids is 1. The highest BCUT2D eigenvalue weighted by Gasteiger charge is 2.72. The summed E-state index contributed by atoms with van der Waals surface area (Å²) in [6.07, 6.45) is 11.1. The molecule has 6 nitrogen and oxygen atoms in total. The van der Waals surface area contributed by atoms with Crippen LogP contribution in [-0.2, 0) is 9.53 Å². The van der Waals surface area contributed by atoms with E-state index in [-0.39, 0.29) is 63.4 Å². The third kappa shape index (κ3) is 4.34. The Balaban J connectivity index is 1.25. The Bertz CT molecular complexity index is 1030. The molecule has 0 spiro atoms. The van der Waals surface area contributed by atoms with Crippen molar-refractivity contribution in [3.8, 4) is 0 Å². The molecule has 6 fully saturated rings. The quantitative estimate of drug-likeness (QED) is 0.353. The molecule has 2 saturated heterocycles. The lowest BCUT2D eigenvalue weighted by molar-refractivity contribution is -0.240. The summed E-state index contributed by atoms with van der Waals surface area (Å²) in [6, 6.07) is 0.176. The van der Waals surface area contributed by atoms with Gasteiger partial charge < -0.3 is 25.6 Å². The summed E-state index contributed by atoms with van der Waals surface area (Å²) >= 11 is 0. The second-order valence-corrected chi connectivity index (χ2v) is 17.6. The van der Waals surface area contributed by atoms with Gasteiger partial charge in [-0.2, -0.15) is 0 Å². The van der Waals surface area contributed by atoms with E-state index in [4.69, 9.17) is 4.74 Å². The SMILES string of the molecule is CC(C)(O)[C@H]1CC[C@@](C)([C@H]2CC[C@]3(C)[C@@H]2[C@H](O)C[C@@H]2[C@@]4(C)CC[C@H](NC(=O)[C@@H]5CCCN5)C(C)(C)[C@@H]4CC[C@]23C)O1. The Morgan fingerprint density at radius 2 is 1.61 bits per heavy atom. The van der Waals surface area contributed by atoms with Crippen LogP contribution in [0.2, 0.25) is 0 Å². The first-order chi connectivity index (χ1) is 19.0. The number of fused-ring (bicyclic) bond motifs is 5. The third-order valence-electron chi connectivity index (χ3n) is 15.0. The van der Waals surface area contributed by atoms with Gasteiger partial charge in [-0.1, -0.05) is 34.6 Å². The van der Waals surface area contributed by atoms with Gasteiger partial charge in [0.1, 0.15) is 0 Å². The summed E-state index contributed by atoms with van der Waals surface area (Å²) in [6.45, 7) is 19.4. The maximum absolute atomic E-state index is 13.1. The topological polar surface area (TPSA) is 90.8 Å². The zero-order valence-electron chi connectivity index (χ0n) is 27.3. The number of aliphatic hydroxyl groups is 2. The normalized spacial score (nSPS) is 52.9. The lowest BCUT2D eigenvalue weighted by atomic mass is 9.35. The van der Waals surface area contributed by atoms with Gasteiger partial charge >= 0.3 is 0 Å². The van der Waals surface area contributed by atoms with E-state index in [1.165, 1.54) is 12.8 Å². The molecule has 0 unspecified atom stereocenters. The number of amides is 1. The fraction of sp³-hybridized carbons (Fsp3) is 0.971. The summed E-state index contributed by atoms with van der Waals surface area (Å²) in [4.78, 5) is 13.1. The largest absolute Gasteiger partial charge is 0.393 e. The first-order valence-electron chi connectivity index (χ1n) is 17.1. The minimum atomic E-state index is -0.840. The van der Waals surface area contributed by atoms with Gasteiger partial charge in [0, 0.05) is 6.04 Å². The van der Waals surface area contributed by atoms with E-state index < -0.39 is 5.60 Å². The fourth-order valence-corrected chi connectivity index (χ4v) is 12.5. The van der Waals surface area contributed by atoms with Crippen molar-refractivity contribution in [2.75, 3.05) is 6.54 Å². The van der Waals surface area contributed by atoms with Gasteiger partial charge in [0.05, 0.1) is 29.5 Å². The highest BCUT2D eigenvalue weighted by Crippen LogP contribution is 2.76. The monoisotopic (exact) mass is 572 g/mol. The first-order valence-corrected chi connectivity index (χ1v) is 17.1. The van der Waals surface area contributed by atoms with Gasteiger partial charge in [-0.3, -0.25) is 4.79 Å². The molecule has 4 N–H and O–H groups in total. The zero-order valence-corrected chi connectivity index (χ0v) is 27.3. The van der Waals surface area contributed by atoms with Crippen LogP contribution in [0.1, 0.15) is 126 Å². The number of hydrogen-bond donors (Lipinski definition) is 4. The first kappa shape index (κ1) is 30.3. The van der Waals surface area contributed by atoms with E-state index in [2.05, 4.69) is 52.2 Å². The Morgan fingerprint density at radius 1 is 0.902 bits per heavy atom. The second kappa shape index (κ2) is 9.65. The fourth-order valence-electron chi connectivity index (χ4n) is 12.5. The molecule has 0 aromatic rings. The lowest BCUT2D eigenvalue weighted by Crippen LogP contribution is -2.68. The summed E-state index contributed by atoms with van der Waals surface area (Å²) < 4.78 is 6.72. The molecular formula is C35H60N2O4. The third-order valence-corrected chi connectivity index (χ3v) is 15.0. The molecule has 4 saturated carbocycles. The standard InChI is InChI=1S/C35H60N2O4/c1-30(2)24-12-17-33(6)25(32(24,5)15-13-26(30)37-29(39)22-10-9-19-36-22)20-23(38)28-21(11-16-34(28,33)7)35(8)18-14-27(41-35)31(3,4)40/h21-28,36,38,40H,9-20H2,1-8H3,(H,37,39)/t21-,22-,23+,24-,25+,26-,27+,28-,32-,33+,34+,35-/m0/s1. The van der Waals surface area contributed by atoms with Crippen LogP contribution in [-0.4, -0.2) is 58.2 Å². The average molecular weight is 573 g/mol. The van der Waals surface area contributed by atoms with Crippen molar-refractivity contribution in [1.82, 2.24) is 10.6 Å². The van der Waals surface area contributed by atoms with Gasteiger partial charge in [0.15, 0.2) is 0 Å². The van der Waals surface area contributed by atoms with Gasteiger partial charge in [0.2, 0.25) is 5.91 Å². The van der Waals surface area contributed by atoms with E-state index in [1.807, 2.05) is 13.8 Å². The van der Waals surface area contributed by atoms with Crippen molar-refractivity contribution in [1.29, 1.82) is 0 Å². The summed E-state index contributed by atoms with van der Waals surface area (Å²) in [5.74, 6) is 1.75. The predicted octanol–water partition coefficient (Wildman–Crippen LogP) is 5.59. The molecule has 0 bridgehead atoms. The van der Waals surface area contributed by atoms with E-state index in [0.29, 0.717) is 17.8 Å². The Hall–Kier alpha value is -0.690. The Labute approximate surface area is 249 Å². The van der Waals surface area contributed by atoms with Crippen LogP contribution in [0.5, 0.6) is 0 Å². The second-order valence-electron chi connectivity index (χ2n) is 17.6. The number of nitrogens with one attached hydrogen (secondary N) is 2. The van der Waals surface area contributed by atoms with Crippen LogP contribution < -0.4 is 10.6 Å². The molecule has 2 heterocycles. The maximum atomic E-state index is 13.1. The Morgan fingerprint density at radius 3 is 2.24 bits per heavy atom. The molecule has 6 rings (SSSR count). The lowest BCUT2D eigenvalue weighted by Gasteiger charge is -2.71. The highest BCUT2D eigenvalue weighted by atomic mass is 16.5. The Kier molecular flexibility index (Phi) is 7.14. The molecular weight excluding hydrogens is 512 g/mol. The van der Waals surface area contributed by atoms with Gasteiger partial charge in [-0.15, -0.1) is 0 Å². The van der Waals surface area contributed by atoms with E-state index >= 15 is 0 Å². The minimum Gasteiger partial charge on any atom is -0.393 e. The zero-order chi connectivity index (χ0) is 29.8. The van der Waals surface area contributed by atoms with Crippen molar-refractivity contribution in [2.45, 2.75) is 162 Å². The molecule has 2 aliphatic heterocycles. The van der Waals surface area contributed by atoms with Crippen LogP contribution in [0.3, 0.4) is 0 Å². The number of aliphatic hydroxyl groups excluding tert-OH is 1. The van der Waals surface area contributed by atoms with Crippen molar-refractivity contribution in [2.24, 2.45) is 45.3 Å². The van der Waals surface area contributed by atoms with Crippen LogP contribution in [0.4, 0.5) is 0 Å². The van der Waals surface area contributed by atoms with Crippen molar-refractivity contribution >= 4 is 5.91 Å². The number of rotatable bonds is 4. The maximum Gasteiger partial charge on any atom is 0.237 e. The smallest absolute Gasteiger partial charge is 0.237 e. The molecule has 0 aromatic heterocycles. The molecule has 234 valence electrons. The van der Waals surface area contributed by atoms with Crippen molar-refractivity contribution < 1.29 is 19.7 Å². The number of hydrogen-bond acceptors (Lipinski definition) is 5. The van der Waals surface area contributed by atoms with Crippen LogP contribution in [0.25, 0.3) is 0 Å². The van der Waals surface area contributed by atoms with Gasteiger partial charge in [-0.25, -0.2) is 0 Å². The molecule has 6 aliphatic rings.